The summed E-state index contributed by atoms with van der Waals surface area (Å²) < 4.78 is 4.67. The lowest BCUT2D eigenvalue weighted by molar-refractivity contribution is 1.11. The molecule has 0 bridgehead atoms. The van der Waals surface area contributed by atoms with Crippen molar-refractivity contribution in [3.63, 3.8) is 0 Å². The van der Waals surface area contributed by atoms with Gasteiger partial charge in [-0.05, 0) is 70.8 Å². The van der Waals surface area contributed by atoms with E-state index in [0.29, 0.717) is 5.82 Å². The van der Waals surface area contributed by atoms with E-state index in [0.717, 1.165) is 61.2 Å². The highest BCUT2D eigenvalue weighted by atomic mass is 15.1. The first kappa shape index (κ1) is 31.9. The fourth-order valence-corrected chi connectivity index (χ4v) is 8.44. The van der Waals surface area contributed by atoms with Crippen LogP contribution >= 0.6 is 0 Å². The van der Waals surface area contributed by atoms with Crippen LogP contribution in [0.3, 0.4) is 0 Å². The fraction of sp³-hybridized carbons (Fsp3) is 0. The average molecular weight is 715 g/mol. The molecule has 3 aromatic heterocycles. The largest absolute Gasteiger partial charge is 0.309 e. The number of aromatic nitrogens is 4. The van der Waals surface area contributed by atoms with Crippen LogP contribution in [0.4, 0.5) is 0 Å². The SMILES string of the molecule is c1ccc(-c2cccc(-n3c4ccccc4c4c(-c5cccc(-c6nc(-c7ccccc7)c7c8ccccc8n(-c8ccccc8)c7n6)c5)cccc43)c2)cc1. The molecule has 0 radical (unpaired) electrons. The smallest absolute Gasteiger partial charge is 0.162 e. The molecule has 0 aliphatic heterocycles. The summed E-state index contributed by atoms with van der Waals surface area (Å²) >= 11 is 0. The van der Waals surface area contributed by atoms with E-state index >= 15 is 0 Å². The third kappa shape index (κ3) is 5.15. The van der Waals surface area contributed by atoms with Crippen LogP contribution in [-0.2, 0) is 0 Å². The minimum absolute atomic E-state index is 0.686. The van der Waals surface area contributed by atoms with Crippen LogP contribution in [0, 0.1) is 0 Å². The van der Waals surface area contributed by atoms with Crippen LogP contribution in [0.25, 0.3) is 100 Å². The molecule has 0 atom stereocenters. The molecule has 0 aliphatic carbocycles. The Hall–Kier alpha value is -7.56. The zero-order valence-corrected chi connectivity index (χ0v) is 30.4. The van der Waals surface area contributed by atoms with Gasteiger partial charge in [0.25, 0.3) is 0 Å². The van der Waals surface area contributed by atoms with Crippen molar-refractivity contribution in [2.45, 2.75) is 0 Å². The van der Waals surface area contributed by atoms with E-state index in [1.54, 1.807) is 0 Å². The number of nitrogens with zero attached hydrogens (tertiary/aromatic N) is 4. The predicted molar refractivity (Wildman–Crippen MR) is 232 cm³/mol. The zero-order chi connectivity index (χ0) is 37.0. The fourth-order valence-electron chi connectivity index (χ4n) is 8.44. The molecular formula is C52H34N4. The molecule has 0 unspecified atom stereocenters. The van der Waals surface area contributed by atoms with E-state index in [1.807, 2.05) is 0 Å². The lowest BCUT2D eigenvalue weighted by Gasteiger charge is -2.12. The highest BCUT2D eigenvalue weighted by Crippen LogP contribution is 2.41. The summed E-state index contributed by atoms with van der Waals surface area (Å²) in [4.78, 5) is 10.8. The molecule has 56 heavy (non-hydrogen) atoms. The van der Waals surface area contributed by atoms with Gasteiger partial charge in [-0.3, -0.25) is 4.57 Å². The van der Waals surface area contributed by atoms with Crippen molar-refractivity contribution in [2.24, 2.45) is 0 Å². The van der Waals surface area contributed by atoms with Crippen LogP contribution in [0.15, 0.2) is 206 Å². The topological polar surface area (TPSA) is 35.6 Å². The Morgan fingerprint density at radius 3 is 1.62 bits per heavy atom. The maximum atomic E-state index is 5.42. The average Bonchev–Trinajstić information content (AvgIpc) is 3.80. The van der Waals surface area contributed by atoms with E-state index < -0.39 is 0 Å². The minimum Gasteiger partial charge on any atom is -0.309 e. The molecular weight excluding hydrogens is 681 g/mol. The van der Waals surface area contributed by atoms with E-state index in [9.17, 15) is 0 Å². The number of hydrogen-bond donors (Lipinski definition) is 0. The van der Waals surface area contributed by atoms with E-state index in [1.165, 1.54) is 33.0 Å². The Labute approximate surface area is 324 Å². The van der Waals surface area contributed by atoms with Gasteiger partial charge in [0, 0.05) is 38.7 Å². The first-order valence-electron chi connectivity index (χ1n) is 19.0. The maximum Gasteiger partial charge on any atom is 0.162 e. The standard InChI is InChI=1S/C52H34N4/c1-4-17-35(18-5-1)37-21-15-26-41(34-37)55-45-30-12-10-27-43(45)48-42(29-16-32-47(48)55)38-22-14-23-39(33-38)51-53-50(36-19-6-2-7-20-36)49-44-28-11-13-31-46(44)56(52(49)54-51)40-24-8-3-9-25-40/h1-34H. The molecule has 0 fully saturated rings. The van der Waals surface area contributed by atoms with Crippen molar-refractivity contribution in [1.82, 2.24) is 19.1 Å². The molecule has 262 valence electrons. The number of fused-ring (bicyclic) bond motifs is 6. The lowest BCUT2D eigenvalue weighted by atomic mass is 9.97. The summed E-state index contributed by atoms with van der Waals surface area (Å²) in [6.45, 7) is 0. The van der Waals surface area contributed by atoms with Crippen molar-refractivity contribution in [2.75, 3.05) is 0 Å². The van der Waals surface area contributed by atoms with Crippen molar-refractivity contribution in [1.29, 1.82) is 0 Å². The van der Waals surface area contributed by atoms with Gasteiger partial charge in [-0.2, -0.15) is 0 Å². The van der Waals surface area contributed by atoms with Crippen LogP contribution in [0.1, 0.15) is 0 Å². The van der Waals surface area contributed by atoms with Gasteiger partial charge in [-0.25, -0.2) is 9.97 Å². The van der Waals surface area contributed by atoms with Crippen LogP contribution in [-0.4, -0.2) is 19.1 Å². The minimum atomic E-state index is 0.686. The van der Waals surface area contributed by atoms with E-state index in [2.05, 4.69) is 215 Å². The second kappa shape index (κ2) is 13.1. The molecule has 4 heteroatoms. The second-order valence-electron chi connectivity index (χ2n) is 14.2. The van der Waals surface area contributed by atoms with E-state index in [-0.39, 0.29) is 0 Å². The summed E-state index contributed by atoms with van der Waals surface area (Å²) in [5.41, 5.74) is 14.1. The Morgan fingerprint density at radius 1 is 0.321 bits per heavy atom. The normalized spacial score (nSPS) is 11.6. The van der Waals surface area contributed by atoms with Gasteiger partial charge in [0.15, 0.2) is 5.82 Å². The summed E-state index contributed by atoms with van der Waals surface area (Å²) in [6.07, 6.45) is 0. The van der Waals surface area contributed by atoms with E-state index in [4.69, 9.17) is 9.97 Å². The number of para-hydroxylation sites is 3. The molecule has 0 saturated carbocycles. The molecule has 0 N–H and O–H groups in total. The molecule has 11 rings (SSSR count). The third-order valence-electron chi connectivity index (χ3n) is 10.9. The molecule has 0 spiro atoms. The molecule has 0 aliphatic rings. The summed E-state index contributed by atoms with van der Waals surface area (Å²) in [7, 11) is 0. The number of rotatable bonds is 6. The van der Waals surface area contributed by atoms with Crippen LogP contribution < -0.4 is 0 Å². The molecule has 8 aromatic carbocycles. The first-order chi connectivity index (χ1) is 27.8. The predicted octanol–water partition coefficient (Wildman–Crippen LogP) is 13.3. The Bertz CT molecular complexity index is 3230. The van der Waals surface area contributed by atoms with Crippen molar-refractivity contribution in [3.05, 3.63) is 206 Å². The first-order valence-corrected chi connectivity index (χ1v) is 19.0. The molecule has 0 saturated heterocycles. The Morgan fingerprint density at radius 2 is 0.857 bits per heavy atom. The van der Waals surface area contributed by atoms with Crippen molar-refractivity contribution >= 4 is 43.7 Å². The van der Waals surface area contributed by atoms with Gasteiger partial charge in [0.2, 0.25) is 0 Å². The van der Waals surface area contributed by atoms with Gasteiger partial charge < -0.3 is 4.57 Å². The lowest BCUT2D eigenvalue weighted by Crippen LogP contribution is -1.99. The monoisotopic (exact) mass is 714 g/mol. The van der Waals surface area contributed by atoms with Crippen molar-refractivity contribution < 1.29 is 0 Å². The summed E-state index contributed by atoms with van der Waals surface area (Å²) in [5.74, 6) is 0.686. The highest BCUT2D eigenvalue weighted by molar-refractivity contribution is 6.16. The summed E-state index contributed by atoms with van der Waals surface area (Å²) in [5, 5.41) is 4.60. The molecule has 11 aromatic rings. The van der Waals surface area contributed by atoms with Gasteiger partial charge in [0.05, 0.1) is 27.6 Å². The quantitative estimate of drug-likeness (QED) is 0.172. The molecule has 4 nitrogen and oxygen atoms in total. The van der Waals surface area contributed by atoms with Gasteiger partial charge in [0.1, 0.15) is 5.65 Å². The number of hydrogen-bond acceptors (Lipinski definition) is 2. The van der Waals surface area contributed by atoms with Crippen LogP contribution in [0.5, 0.6) is 0 Å². The molecule has 3 heterocycles. The highest BCUT2D eigenvalue weighted by Gasteiger charge is 2.22. The van der Waals surface area contributed by atoms with Crippen molar-refractivity contribution in [3.8, 4) is 56.3 Å². The Kier molecular flexibility index (Phi) is 7.46. The Balaban J connectivity index is 1.13. The zero-order valence-electron chi connectivity index (χ0n) is 30.4. The van der Waals surface area contributed by atoms with Gasteiger partial charge in [-0.15, -0.1) is 0 Å². The maximum absolute atomic E-state index is 5.42. The third-order valence-corrected chi connectivity index (χ3v) is 10.9. The number of benzene rings is 8. The van der Waals surface area contributed by atoms with Gasteiger partial charge in [-0.1, -0.05) is 158 Å². The molecule has 0 amide bonds. The second-order valence-corrected chi connectivity index (χ2v) is 14.2. The van der Waals surface area contributed by atoms with Crippen LogP contribution in [0.2, 0.25) is 0 Å². The van der Waals surface area contributed by atoms with Gasteiger partial charge >= 0.3 is 0 Å². The summed E-state index contributed by atoms with van der Waals surface area (Å²) in [6, 6.07) is 73.1.